The van der Waals surface area contributed by atoms with Crippen molar-refractivity contribution in [2.45, 2.75) is 38.1 Å². The lowest BCUT2D eigenvalue weighted by Gasteiger charge is -2.35. The molecule has 1 unspecified atom stereocenters. The molecule has 0 aliphatic carbocycles. The summed E-state index contributed by atoms with van der Waals surface area (Å²) in [6, 6.07) is 9.01. The van der Waals surface area contributed by atoms with Crippen LogP contribution in [-0.4, -0.2) is 41.5 Å². The van der Waals surface area contributed by atoms with Crippen molar-refractivity contribution in [1.29, 1.82) is 0 Å². The second kappa shape index (κ2) is 7.51. The van der Waals surface area contributed by atoms with Crippen molar-refractivity contribution in [3.05, 3.63) is 46.2 Å². The van der Waals surface area contributed by atoms with Crippen molar-refractivity contribution >= 4 is 22.8 Å². The van der Waals surface area contributed by atoms with Crippen LogP contribution in [0.3, 0.4) is 0 Å². The molecule has 132 valence electrons. The zero-order chi connectivity index (χ0) is 17.8. The molecule has 6 nitrogen and oxygen atoms in total. The van der Waals surface area contributed by atoms with E-state index in [0.717, 1.165) is 24.6 Å². The summed E-state index contributed by atoms with van der Waals surface area (Å²) in [4.78, 5) is 41.3. The van der Waals surface area contributed by atoms with E-state index < -0.39 is 0 Å². The van der Waals surface area contributed by atoms with Gasteiger partial charge in [0.25, 0.3) is 11.5 Å². The summed E-state index contributed by atoms with van der Waals surface area (Å²) in [5, 5.41) is 0.827. The Kier molecular flexibility index (Phi) is 5.16. The molecule has 1 atom stereocenters. The summed E-state index contributed by atoms with van der Waals surface area (Å²) in [6.45, 7) is 0.608. The molecule has 25 heavy (non-hydrogen) atoms. The van der Waals surface area contributed by atoms with Gasteiger partial charge in [-0.05, 0) is 43.2 Å². The second-order valence-electron chi connectivity index (χ2n) is 6.36. The molecule has 1 aromatic carbocycles. The largest absolute Gasteiger partial charge is 0.469 e. The van der Waals surface area contributed by atoms with Gasteiger partial charge in [0.15, 0.2) is 0 Å². The molecule has 0 radical (unpaired) electrons. The fourth-order valence-corrected chi connectivity index (χ4v) is 3.42. The zero-order valence-electron chi connectivity index (χ0n) is 14.3. The first-order chi connectivity index (χ1) is 12.1. The van der Waals surface area contributed by atoms with Gasteiger partial charge in [-0.25, -0.2) is 0 Å². The second-order valence-corrected chi connectivity index (χ2v) is 6.36. The lowest BCUT2D eigenvalue weighted by atomic mass is 9.97. The molecule has 6 heteroatoms. The molecule has 1 N–H and O–H groups in total. The number of piperidine rings is 1. The third-order valence-corrected chi connectivity index (χ3v) is 4.78. The third-order valence-electron chi connectivity index (χ3n) is 4.78. The molecule has 2 aromatic rings. The van der Waals surface area contributed by atoms with Gasteiger partial charge in [-0.3, -0.25) is 14.4 Å². The highest BCUT2D eigenvalue weighted by atomic mass is 16.5. The maximum atomic E-state index is 13.0. The number of nitrogens with zero attached hydrogens (tertiary/aromatic N) is 1. The maximum absolute atomic E-state index is 13.0. The first-order valence-electron chi connectivity index (χ1n) is 8.60. The Labute approximate surface area is 145 Å². The van der Waals surface area contributed by atoms with Crippen LogP contribution >= 0.6 is 0 Å². The van der Waals surface area contributed by atoms with E-state index in [4.69, 9.17) is 4.74 Å². The van der Waals surface area contributed by atoms with Crippen LogP contribution in [0.1, 0.15) is 42.5 Å². The van der Waals surface area contributed by atoms with Crippen LogP contribution in [0.25, 0.3) is 10.9 Å². The number of ether oxygens (including phenoxy) is 1. The van der Waals surface area contributed by atoms with Gasteiger partial charge in [0.05, 0.1) is 7.11 Å². The molecule has 2 heterocycles. The first-order valence-corrected chi connectivity index (χ1v) is 8.60. The summed E-state index contributed by atoms with van der Waals surface area (Å²) in [7, 11) is 1.36. The zero-order valence-corrected chi connectivity index (χ0v) is 14.3. The topological polar surface area (TPSA) is 79.5 Å². The number of carbonyl (C=O) groups excluding carboxylic acids is 2. The molecule has 1 aliphatic rings. The number of benzene rings is 1. The minimum atomic E-state index is -0.374. The minimum absolute atomic E-state index is 0.0359. The molecule has 3 rings (SSSR count). The normalized spacial score (nSPS) is 17.5. The van der Waals surface area contributed by atoms with E-state index in [0.29, 0.717) is 18.5 Å². The van der Waals surface area contributed by atoms with E-state index in [1.807, 2.05) is 24.3 Å². The molecule has 0 spiro atoms. The number of hydrogen-bond acceptors (Lipinski definition) is 4. The molecule has 1 amide bonds. The van der Waals surface area contributed by atoms with Gasteiger partial charge in [-0.15, -0.1) is 0 Å². The average Bonchev–Trinajstić information content (AvgIpc) is 2.65. The van der Waals surface area contributed by atoms with Gasteiger partial charge >= 0.3 is 5.97 Å². The van der Waals surface area contributed by atoms with E-state index in [-0.39, 0.29) is 35.5 Å². The fraction of sp³-hybridized carbons (Fsp3) is 0.421. The van der Waals surface area contributed by atoms with Crippen LogP contribution < -0.4 is 5.56 Å². The van der Waals surface area contributed by atoms with Crippen LogP contribution in [-0.2, 0) is 9.53 Å². The highest BCUT2D eigenvalue weighted by Crippen LogP contribution is 2.23. The van der Waals surface area contributed by atoms with Gasteiger partial charge < -0.3 is 14.6 Å². The molecule has 1 aromatic heterocycles. The molecule has 0 saturated carbocycles. The molecular formula is C19H22N2O4. The fourth-order valence-electron chi connectivity index (χ4n) is 3.42. The number of aromatic amines is 1. The Balaban J connectivity index is 1.86. The number of pyridine rings is 1. The predicted octanol–water partition coefficient (Wildman–Crippen LogP) is 2.48. The van der Waals surface area contributed by atoms with Crippen LogP contribution in [0, 0.1) is 0 Å². The number of hydrogen-bond donors (Lipinski definition) is 1. The number of H-pyrrole nitrogens is 1. The molecular weight excluding hydrogens is 320 g/mol. The van der Waals surface area contributed by atoms with Gasteiger partial charge in [-0.2, -0.15) is 0 Å². The standard InChI is InChI=1S/C19H22N2O4/c1-25-17(22)10-9-14-7-4-5-11-21(14)19(24)15-12-13-6-2-3-8-16(13)20-18(15)23/h2-3,6,8,12,14H,4-5,7,9-11H2,1H3,(H,20,23). The van der Waals surface area contributed by atoms with Gasteiger partial charge in [-0.1, -0.05) is 18.2 Å². The number of rotatable bonds is 4. The number of amides is 1. The summed E-state index contributed by atoms with van der Waals surface area (Å²) >= 11 is 0. The molecule has 1 aliphatic heterocycles. The average molecular weight is 342 g/mol. The lowest BCUT2D eigenvalue weighted by molar-refractivity contribution is -0.141. The summed E-state index contributed by atoms with van der Waals surface area (Å²) in [5.74, 6) is -0.539. The first kappa shape index (κ1) is 17.2. The van der Waals surface area contributed by atoms with E-state index in [2.05, 4.69) is 4.98 Å². The van der Waals surface area contributed by atoms with Crippen LogP contribution in [0.15, 0.2) is 35.1 Å². The van der Waals surface area contributed by atoms with Crippen molar-refractivity contribution in [1.82, 2.24) is 9.88 Å². The van der Waals surface area contributed by atoms with Crippen molar-refractivity contribution in [3.8, 4) is 0 Å². The summed E-state index contributed by atoms with van der Waals surface area (Å²) in [6.07, 6.45) is 3.60. The SMILES string of the molecule is COC(=O)CCC1CCCCN1C(=O)c1cc2ccccc2[nH]c1=O. The number of fused-ring (bicyclic) bond motifs is 1. The summed E-state index contributed by atoms with van der Waals surface area (Å²) in [5.41, 5.74) is 0.495. The van der Waals surface area contributed by atoms with E-state index >= 15 is 0 Å². The van der Waals surface area contributed by atoms with Gasteiger partial charge in [0.2, 0.25) is 0 Å². The molecule has 0 bridgehead atoms. The number of nitrogens with one attached hydrogen (secondary N) is 1. The quantitative estimate of drug-likeness (QED) is 0.866. The van der Waals surface area contributed by atoms with Crippen molar-refractivity contribution in [3.63, 3.8) is 0 Å². The molecule has 1 saturated heterocycles. The number of carbonyl (C=O) groups is 2. The number of para-hydroxylation sites is 1. The lowest BCUT2D eigenvalue weighted by Crippen LogP contribution is -2.45. The minimum Gasteiger partial charge on any atom is -0.469 e. The Bertz CT molecular complexity index is 843. The highest BCUT2D eigenvalue weighted by Gasteiger charge is 2.29. The highest BCUT2D eigenvalue weighted by molar-refractivity contribution is 5.97. The Hall–Kier alpha value is -2.63. The number of methoxy groups -OCH3 is 1. The molecule has 1 fully saturated rings. The summed E-state index contributed by atoms with van der Waals surface area (Å²) < 4.78 is 4.69. The predicted molar refractivity (Wildman–Crippen MR) is 94.5 cm³/mol. The van der Waals surface area contributed by atoms with E-state index in [1.54, 1.807) is 11.0 Å². The van der Waals surface area contributed by atoms with Gasteiger partial charge in [0.1, 0.15) is 5.56 Å². The number of likely N-dealkylation sites (tertiary alicyclic amines) is 1. The van der Waals surface area contributed by atoms with E-state index in [1.165, 1.54) is 7.11 Å². The van der Waals surface area contributed by atoms with Crippen molar-refractivity contribution < 1.29 is 14.3 Å². The maximum Gasteiger partial charge on any atom is 0.305 e. The van der Waals surface area contributed by atoms with Crippen LogP contribution in [0.5, 0.6) is 0 Å². The van der Waals surface area contributed by atoms with Gasteiger partial charge in [0, 0.05) is 24.5 Å². The van der Waals surface area contributed by atoms with E-state index in [9.17, 15) is 14.4 Å². The number of esters is 1. The van der Waals surface area contributed by atoms with Crippen molar-refractivity contribution in [2.75, 3.05) is 13.7 Å². The van der Waals surface area contributed by atoms with Crippen molar-refractivity contribution in [2.24, 2.45) is 0 Å². The Morgan fingerprint density at radius 1 is 1.28 bits per heavy atom. The van der Waals surface area contributed by atoms with Crippen LogP contribution in [0.4, 0.5) is 0 Å². The smallest absolute Gasteiger partial charge is 0.305 e. The third kappa shape index (κ3) is 3.73. The Morgan fingerprint density at radius 2 is 2.08 bits per heavy atom. The van der Waals surface area contributed by atoms with Crippen LogP contribution in [0.2, 0.25) is 0 Å². The Morgan fingerprint density at radius 3 is 2.88 bits per heavy atom. The number of aromatic nitrogens is 1. The monoisotopic (exact) mass is 342 g/mol.